The zero-order valence-electron chi connectivity index (χ0n) is 14.7. The number of nitrogens with one attached hydrogen (secondary N) is 1. The largest absolute Gasteiger partial charge is 0.464 e. The lowest BCUT2D eigenvalue weighted by Gasteiger charge is -2.07. The van der Waals surface area contributed by atoms with Crippen LogP contribution in [0.3, 0.4) is 0 Å². The van der Waals surface area contributed by atoms with Crippen molar-refractivity contribution in [2.45, 2.75) is 13.3 Å². The van der Waals surface area contributed by atoms with Gasteiger partial charge in [0.15, 0.2) is 6.61 Å². The molecule has 0 aliphatic heterocycles. The molecule has 3 rings (SSSR count). The standard InChI is InChI=1S/C19H15FN2O6/c1-11-2-4-14-12(9-27-17(14)6-11)7-19(24)28-10-18(23)21-16-8-13(22(25)26)3-5-15(16)20/h2-6,8-9H,7,10H2,1H3,(H,21,23). The van der Waals surface area contributed by atoms with Crippen LogP contribution < -0.4 is 5.32 Å². The quantitative estimate of drug-likeness (QED) is 0.394. The van der Waals surface area contributed by atoms with Crippen LogP contribution in [-0.2, 0) is 20.7 Å². The molecule has 0 atom stereocenters. The Morgan fingerprint density at radius 1 is 1.25 bits per heavy atom. The number of nitro groups is 1. The number of carbonyl (C=O) groups is 2. The molecular weight excluding hydrogens is 371 g/mol. The molecule has 0 aliphatic carbocycles. The van der Waals surface area contributed by atoms with E-state index in [0.717, 1.165) is 29.1 Å². The molecule has 1 N–H and O–H groups in total. The van der Waals surface area contributed by atoms with Crippen LogP contribution in [0.4, 0.5) is 15.8 Å². The Morgan fingerprint density at radius 3 is 2.79 bits per heavy atom. The number of nitrogens with zero attached hydrogens (tertiary/aromatic N) is 1. The summed E-state index contributed by atoms with van der Waals surface area (Å²) < 4.78 is 24.0. The summed E-state index contributed by atoms with van der Waals surface area (Å²) in [6.07, 6.45) is 1.35. The maximum absolute atomic E-state index is 13.7. The number of nitro benzene ring substituents is 1. The SMILES string of the molecule is Cc1ccc2c(CC(=O)OCC(=O)Nc3cc([N+](=O)[O-])ccc3F)coc2c1. The fourth-order valence-electron chi connectivity index (χ4n) is 2.59. The van der Waals surface area contributed by atoms with Crippen molar-refractivity contribution in [2.24, 2.45) is 0 Å². The summed E-state index contributed by atoms with van der Waals surface area (Å²) in [5.41, 5.74) is 1.52. The van der Waals surface area contributed by atoms with Crippen LogP contribution in [0.25, 0.3) is 11.0 Å². The second-order valence-corrected chi connectivity index (χ2v) is 6.07. The number of ether oxygens (including phenoxy) is 1. The molecular formula is C19H15FN2O6. The number of amides is 1. The van der Waals surface area contributed by atoms with Crippen molar-refractivity contribution in [1.82, 2.24) is 0 Å². The van der Waals surface area contributed by atoms with Crippen LogP contribution in [0.2, 0.25) is 0 Å². The van der Waals surface area contributed by atoms with Gasteiger partial charge in [-0.1, -0.05) is 12.1 Å². The highest BCUT2D eigenvalue weighted by atomic mass is 19.1. The number of aryl methyl sites for hydroxylation is 1. The molecule has 0 fully saturated rings. The average Bonchev–Trinajstić information content (AvgIpc) is 3.03. The van der Waals surface area contributed by atoms with E-state index in [1.54, 1.807) is 0 Å². The maximum Gasteiger partial charge on any atom is 0.310 e. The lowest BCUT2D eigenvalue weighted by Crippen LogP contribution is -2.22. The van der Waals surface area contributed by atoms with Gasteiger partial charge < -0.3 is 14.5 Å². The van der Waals surface area contributed by atoms with E-state index in [9.17, 15) is 24.1 Å². The summed E-state index contributed by atoms with van der Waals surface area (Å²) >= 11 is 0. The Hall–Kier alpha value is -3.75. The van der Waals surface area contributed by atoms with E-state index in [1.807, 2.05) is 25.1 Å². The van der Waals surface area contributed by atoms with Gasteiger partial charge in [-0.25, -0.2) is 4.39 Å². The van der Waals surface area contributed by atoms with Gasteiger partial charge in [-0.2, -0.15) is 0 Å². The van der Waals surface area contributed by atoms with Crippen LogP contribution in [0.15, 0.2) is 47.1 Å². The third kappa shape index (κ3) is 4.32. The molecule has 0 radical (unpaired) electrons. The number of fused-ring (bicyclic) bond motifs is 1. The average molecular weight is 386 g/mol. The number of furan rings is 1. The molecule has 8 nitrogen and oxygen atoms in total. The number of benzene rings is 2. The first-order valence-electron chi connectivity index (χ1n) is 8.19. The van der Waals surface area contributed by atoms with Gasteiger partial charge in [-0.05, 0) is 24.6 Å². The third-order valence-electron chi connectivity index (χ3n) is 3.95. The summed E-state index contributed by atoms with van der Waals surface area (Å²) in [6, 6.07) is 8.27. The van der Waals surface area contributed by atoms with Gasteiger partial charge in [0.05, 0.1) is 23.3 Å². The van der Waals surface area contributed by atoms with E-state index in [1.165, 1.54) is 6.26 Å². The Kier molecular flexibility index (Phi) is 5.35. The molecule has 0 aliphatic rings. The van der Waals surface area contributed by atoms with Gasteiger partial charge in [0, 0.05) is 23.1 Å². The monoisotopic (exact) mass is 386 g/mol. The molecule has 9 heteroatoms. The molecule has 0 spiro atoms. The van der Waals surface area contributed by atoms with Crippen molar-refractivity contribution in [3.05, 3.63) is 69.7 Å². The number of carbonyl (C=O) groups excluding carboxylic acids is 2. The molecule has 0 bridgehead atoms. The van der Waals surface area contributed by atoms with Crippen LogP contribution in [0, 0.1) is 22.9 Å². The van der Waals surface area contributed by atoms with Crippen molar-refractivity contribution >= 4 is 34.2 Å². The van der Waals surface area contributed by atoms with Gasteiger partial charge in [0.1, 0.15) is 11.4 Å². The van der Waals surface area contributed by atoms with Crippen molar-refractivity contribution < 1.29 is 28.1 Å². The first-order chi connectivity index (χ1) is 13.3. The number of hydrogen-bond acceptors (Lipinski definition) is 6. The summed E-state index contributed by atoms with van der Waals surface area (Å²) in [6.45, 7) is 1.26. The number of halogens is 1. The predicted octanol–water partition coefficient (Wildman–Crippen LogP) is 3.51. The lowest BCUT2D eigenvalue weighted by atomic mass is 10.1. The summed E-state index contributed by atoms with van der Waals surface area (Å²) in [4.78, 5) is 33.8. The number of hydrogen-bond donors (Lipinski definition) is 1. The van der Waals surface area contributed by atoms with E-state index < -0.39 is 29.2 Å². The second-order valence-electron chi connectivity index (χ2n) is 6.07. The molecule has 3 aromatic rings. The number of non-ortho nitro benzene ring substituents is 1. The van der Waals surface area contributed by atoms with E-state index in [2.05, 4.69) is 5.32 Å². The highest BCUT2D eigenvalue weighted by Gasteiger charge is 2.16. The number of rotatable bonds is 6. The van der Waals surface area contributed by atoms with Gasteiger partial charge in [-0.15, -0.1) is 0 Å². The molecule has 2 aromatic carbocycles. The minimum Gasteiger partial charge on any atom is -0.464 e. The lowest BCUT2D eigenvalue weighted by molar-refractivity contribution is -0.384. The van der Waals surface area contributed by atoms with Crippen LogP contribution >= 0.6 is 0 Å². The van der Waals surface area contributed by atoms with Gasteiger partial charge >= 0.3 is 5.97 Å². The van der Waals surface area contributed by atoms with Crippen LogP contribution in [-0.4, -0.2) is 23.4 Å². The minimum absolute atomic E-state index is 0.103. The first-order valence-corrected chi connectivity index (χ1v) is 8.19. The molecule has 0 saturated heterocycles. The van der Waals surface area contributed by atoms with Crippen molar-refractivity contribution in [3.63, 3.8) is 0 Å². The van der Waals surface area contributed by atoms with Crippen LogP contribution in [0.1, 0.15) is 11.1 Å². The second kappa shape index (κ2) is 7.87. The fraction of sp³-hybridized carbons (Fsp3) is 0.158. The molecule has 144 valence electrons. The maximum atomic E-state index is 13.7. The number of esters is 1. The van der Waals surface area contributed by atoms with Crippen LogP contribution in [0.5, 0.6) is 0 Å². The molecule has 0 unspecified atom stereocenters. The first kappa shape index (κ1) is 19.0. The topological polar surface area (TPSA) is 112 Å². The summed E-state index contributed by atoms with van der Waals surface area (Å²) in [7, 11) is 0. The fourth-order valence-corrected chi connectivity index (χ4v) is 2.59. The third-order valence-corrected chi connectivity index (χ3v) is 3.95. The molecule has 1 aromatic heterocycles. The highest BCUT2D eigenvalue weighted by molar-refractivity contribution is 5.93. The van der Waals surface area contributed by atoms with E-state index in [-0.39, 0.29) is 17.8 Å². The molecule has 1 heterocycles. The summed E-state index contributed by atoms with van der Waals surface area (Å²) in [5.74, 6) is -2.33. The Morgan fingerprint density at radius 2 is 2.04 bits per heavy atom. The number of anilines is 1. The Bertz CT molecular complexity index is 1080. The zero-order chi connectivity index (χ0) is 20.3. The van der Waals surface area contributed by atoms with E-state index in [0.29, 0.717) is 11.1 Å². The van der Waals surface area contributed by atoms with Gasteiger partial charge in [0.25, 0.3) is 11.6 Å². The van der Waals surface area contributed by atoms with Crippen molar-refractivity contribution in [1.29, 1.82) is 0 Å². The van der Waals surface area contributed by atoms with E-state index in [4.69, 9.17) is 9.15 Å². The minimum atomic E-state index is -0.842. The van der Waals surface area contributed by atoms with Gasteiger partial charge in [0.2, 0.25) is 0 Å². The predicted molar refractivity (Wildman–Crippen MR) is 97.3 cm³/mol. The zero-order valence-corrected chi connectivity index (χ0v) is 14.7. The van der Waals surface area contributed by atoms with E-state index >= 15 is 0 Å². The molecule has 28 heavy (non-hydrogen) atoms. The van der Waals surface area contributed by atoms with Crippen molar-refractivity contribution in [2.75, 3.05) is 11.9 Å². The highest BCUT2D eigenvalue weighted by Crippen LogP contribution is 2.23. The normalized spacial score (nSPS) is 10.6. The summed E-state index contributed by atoms with van der Waals surface area (Å²) in [5, 5.41) is 13.6. The smallest absolute Gasteiger partial charge is 0.310 e. The Labute approximate surface area is 158 Å². The van der Waals surface area contributed by atoms with Gasteiger partial charge in [-0.3, -0.25) is 19.7 Å². The van der Waals surface area contributed by atoms with Crippen molar-refractivity contribution in [3.8, 4) is 0 Å². The Balaban J connectivity index is 1.58. The molecule has 1 amide bonds. The molecule has 0 saturated carbocycles.